The third-order valence-electron chi connectivity index (χ3n) is 4.05. The molecule has 2 N–H and O–H groups in total. The van der Waals surface area contributed by atoms with Gasteiger partial charge in [0.2, 0.25) is 0 Å². The lowest BCUT2D eigenvalue weighted by atomic mass is 9.96. The van der Waals surface area contributed by atoms with E-state index < -0.39 is 0 Å². The van der Waals surface area contributed by atoms with E-state index in [0.717, 1.165) is 44.6 Å². The lowest BCUT2D eigenvalue weighted by Gasteiger charge is -2.35. The van der Waals surface area contributed by atoms with Gasteiger partial charge in [0, 0.05) is 43.9 Å². The Bertz CT molecular complexity index is 570. The van der Waals surface area contributed by atoms with Crippen molar-refractivity contribution in [1.82, 2.24) is 10.2 Å². The molecule has 5 nitrogen and oxygen atoms in total. The molecule has 24 heavy (non-hydrogen) atoms. The number of hydrogen-bond acceptors (Lipinski definition) is 5. The minimum absolute atomic E-state index is 0. The third-order valence-corrected chi connectivity index (χ3v) is 4.05. The van der Waals surface area contributed by atoms with Gasteiger partial charge in [0.05, 0.1) is 18.7 Å². The molecule has 1 aliphatic heterocycles. The molecule has 1 aromatic carbocycles. The molecule has 1 fully saturated rings. The Morgan fingerprint density at radius 3 is 2.62 bits per heavy atom. The van der Waals surface area contributed by atoms with E-state index in [-0.39, 0.29) is 36.6 Å². The summed E-state index contributed by atoms with van der Waals surface area (Å²) in [5.41, 5.74) is 1.27. The maximum absolute atomic E-state index is 10.5. The largest absolute Gasteiger partial charge is 0.504 e. The van der Waals surface area contributed by atoms with Gasteiger partial charge in [-0.1, -0.05) is 6.08 Å². The minimum Gasteiger partial charge on any atom is -0.504 e. The summed E-state index contributed by atoms with van der Waals surface area (Å²) >= 11 is 0. The number of ether oxygens (including phenoxy) is 1. The summed E-state index contributed by atoms with van der Waals surface area (Å²) in [5.74, 6) is 0.488. The number of phenolic OH excluding ortho intramolecular Hbond substituents is 1. The van der Waals surface area contributed by atoms with Gasteiger partial charge in [0.25, 0.3) is 0 Å². The number of allylic oxidation sites excluding steroid dienone is 1. The number of methoxy groups -OCH3 is 1. The van der Waals surface area contributed by atoms with Crippen molar-refractivity contribution >= 4 is 24.8 Å². The molecule has 1 aromatic rings. The second kappa shape index (κ2) is 11.2. The van der Waals surface area contributed by atoms with Crippen molar-refractivity contribution in [1.29, 1.82) is 5.26 Å². The highest BCUT2D eigenvalue weighted by atomic mass is 35.5. The maximum Gasteiger partial charge on any atom is 0.162 e. The van der Waals surface area contributed by atoms with E-state index >= 15 is 0 Å². The third kappa shape index (κ3) is 5.29. The second-order valence-corrected chi connectivity index (χ2v) is 5.40. The molecule has 1 saturated heterocycles. The summed E-state index contributed by atoms with van der Waals surface area (Å²) in [5, 5.41) is 23.1. The Morgan fingerprint density at radius 1 is 1.42 bits per heavy atom. The van der Waals surface area contributed by atoms with Crippen LogP contribution in [0.1, 0.15) is 30.0 Å². The van der Waals surface area contributed by atoms with Crippen molar-refractivity contribution in [3.63, 3.8) is 0 Å². The number of nitrogens with one attached hydrogen (secondary N) is 1. The average Bonchev–Trinajstić information content (AvgIpc) is 2.57. The SMILES string of the molecule is C=CCC[C@@H](c1cc(C#N)cc(OC)c1O)N1CCNCC1.Cl.Cl. The Hall–Kier alpha value is -1.45. The summed E-state index contributed by atoms with van der Waals surface area (Å²) in [4.78, 5) is 2.34. The van der Waals surface area contributed by atoms with Crippen molar-refractivity contribution in [3.8, 4) is 17.6 Å². The van der Waals surface area contributed by atoms with E-state index in [2.05, 4.69) is 22.9 Å². The van der Waals surface area contributed by atoms with E-state index in [4.69, 9.17) is 4.74 Å². The molecule has 0 amide bonds. The van der Waals surface area contributed by atoms with Gasteiger partial charge in [-0.05, 0) is 18.9 Å². The molecular weight excluding hydrogens is 349 g/mol. The van der Waals surface area contributed by atoms with E-state index in [1.807, 2.05) is 6.08 Å². The summed E-state index contributed by atoms with van der Waals surface area (Å²) < 4.78 is 5.22. The number of hydrogen-bond donors (Lipinski definition) is 2. The predicted octanol–water partition coefficient (Wildman–Crippen LogP) is 3.03. The molecule has 1 aliphatic rings. The van der Waals surface area contributed by atoms with Crippen LogP contribution in [0.15, 0.2) is 24.8 Å². The molecule has 1 heterocycles. The molecular formula is C17H25Cl2N3O2. The fourth-order valence-corrected chi connectivity index (χ4v) is 2.91. The topological polar surface area (TPSA) is 68.5 Å². The first kappa shape index (κ1) is 22.6. The zero-order valence-electron chi connectivity index (χ0n) is 13.8. The smallest absolute Gasteiger partial charge is 0.162 e. The monoisotopic (exact) mass is 373 g/mol. The fourth-order valence-electron chi connectivity index (χ4n) is 2.91. The molecule has 1 atom stereocenters. The molecule has 134 valence electrons. The standard InChI is InChI=1S/C17H23N3O2.2ClH/c1-3-4-5-15(20-8-6-19-7-9-20)14-10-13(12-18)11-16(22-2)17(14)21;;/h3,10-11,15,19,21H,1,4-9H2,2H3;2*1H/t15-;;/m0../s1. The fraction of sp³-hybridized carbons (Fsp3) is 0.471. The molecule has 7 heteroatoms. The Kier molecular flexibility index (Phi) is 10.5. The Balaban J connectivity index is 0.00000264. The lowest BCUT2D eigenvalue weighted by molar-refractivity contribution is 0.163. The summed E-state index contributed by atoms with van der Waals surface area (Å²) in [6, 6.07) is 5.54. The van der Waals surface area contributed by atoms with Crippen molar-refractivity contribution in [2.24, 2.45) is 0 Å². The van der Waals surface area contributed by atoms with Crippen molar-refractivity contribution < 1.29 is 9.84 Å². The molecule has 0 aromatic heterocycles. The van der Waals surface area contributed by atoms with Crippen LogP contribution in [0.2, 0.25) is 0 Å². The quantitative estimate of drug-likeness (QED) is 0.750. The number of aromatic hydroxyl groups is 1. The first-order valence-corrected chi connectivity index (χ1v) is 7.58. The van der Waals surface area contributed by atoms with Gasteiger partial charge in [0.1, 0.15) is 0 Å². The van der Waals surface area contributed by atoms with Crippen LogP contribution in [0, 0.1) is 11.3 Å². The van der Waals surface area contributed by atoms with Crippen LogP contribution < -0.4 is 10.1 Å². The van der Waals surface area contributed by atoms with Crippen molar-refractivity contribution in [2.45, 2.75) is 18.9 Å². The molecule has 0 aliphatic carbocycles. The minimum atomic E-state index is 0. The maximum atomic E-state index is 10.5. The highest BCUT2D eigenvalue weighted by Gasteiger charge is 2.26. The van der Waals surface area contributed by atoms with Gasteiger partial charge >= 0.3 is 0 Å². The lowest BCUT2D eigenvalue weighted by Crippen LogP contribution is -2.45. The van der Waals surface area contributed by atoms with Gasteiger partial charge < -0.3 is 15.2 Å². The summed E-state index contributed by atoms with van der Waals surface area (Å²) in [6.07, 6.45) is 3.60. The number of phenols is 1. The van der Waals surface area contributed by atoms with E-state index in [9.17, 15) is 10.4 Å². The van der Waals surface area contributed by atoms with Crippen LogP contribution in [-0.2, 0) is 0 Å². The van der Waals surface area contributed by atoms with Gasteiger partial charge in [-0.3, -0.25) is 4.90 Å². The van der Waals surface area contributed by atoms with Crippen LogP contribution in [0.25, 0.3) is 0 Å². The number of rotatable bonds is 6. The molecule has 0 radical (unpaired) electrons. The summed E-state index contributed by atoms with van der Waals surface area (Å²) in [7, 11) is 1.50. The van der Waals surface area contributed by atoms with E-state index in [0.29, 0.717) is 11.3 Å². The van der Waals surface area contributed by atoms with Gasteiger partial charge in [-0.25, -0.2) is 0 Å². The van der Waals surface area contributed by atoms with Crippen molar-refractivity contribution in [2.75, 3.05) is 33.3 Å². The van der Waals surface area contributed by atoms with E-state index in [1.54, 1.807) is 12.1 Å². The van der Waals surface area contributed by atoms with Gasteiger partial charge in [0.15, 0.2) is 11.5 Å². The molecule has 0 spiro atoms. The molecule has 0 unspecified atom stereocenters. The van der Waals surface area contributed by atoms with Gasteiger partial charge in [-0.15, -0.1) is 31.4 Å². The van der Waals surface area contributed by atoms with Crippen LogP contribution in [0.5, 0.6) is 11.5 Å². The Morgan fingerprint density at radius 2 is 2.08 bits per heavy atom. The molecule has 0 saturated carbocycles. The highest BCUT2D eigenvalue weighted by Crippen LogP contribution is 2.39. The van der Waals surface area contributed by atoms with Crippen molar-refractivity contribution in [3.05, 3.63) is 35.9 Å². The number of nitrogens with zero attached hydrogens (tertiary/aromatic N) is 2. The van der Waals surface area contributed by atoms with Crippen LogP contribution >= 0.6 is 24.8 Å². The number of benzene rings is 1. The van der Waals surface area contributed by atoms with Gasteiger partial charge in [-0.2, -0.15) is 5.26 Å². The zero-order valence-corrected chi connectivity index (χ0v) is 15.5. The van der Waals surface area contributed by atoms with E-state index in [1.165, 1.54) is 7.11 Å². The summed E-state index contributed by atoms with van der Waals surface area (Å²) in [6.45, 7) is 7.49. The highest BCUT2D eigenvalue weighted by molar-refractivity contribution is 5.85. The Labute approximate surface area is 156 Å². The molecule has 0 bridgehead atoms. The predicted molar refractivity (Wildman–Crippen MR) is 100 cm³/mol. The number of halogens is 2. The normalized spacial score (nSPS) is 15.3. The first-order valence-electron chi connectivity index (χ1n) is 7.58. The second-order valence-electron chi connectivity index (χ2n) is 5.40. The number of piperazine rings is 1. The molecule has 2 rings (SSSR count). The number of nitriles is 1. The van der Waals surface area contributed by atoms with Crippen LogP contribution in [-0.4, -0.2) is 43.3 Å². The van der Waals surface area contributed by atoms with Crippen LogP contribution in [0.3, 0.4) is 0 Å². The average molecular weight is 374 g/mol. The van der Waals surface area contributed by atoms with Crippen LogP contribution in [0.4, 0.5) is 0 Å². The zero-order chi connectivity index (χ0) is 15.9. The first-order chi connectivity index (χ1) is 10.7.